The van der Waals surface area contributed by atoms with E-state index in [0.29, 0.717) is 23.5 Å². The topological polar surface area (TPSA) is 68.5 Å². The zero-order valence-corrected chi connectivity index (χ0v) is 11.7. The summed E-state index contributed by atoms with van der Waals surface area (Å²) in [5.74, 6) is -0.0258. The summed E-state index contributed by atoms with van der Waals surface area (Å²) < 4.78 is 4.85. The molecule has 1 saturated heterocycles. The number of ether oxygens (including phenoxy) is 1. The number of hydrogen-bond acceptors (Lipinski definition) is 5. The van der Waals surface area contributed by atoms with Gasteiger partial charge in [0.05, 0.1) is 24.6 Å². The summed E-state index contributed by atoms with van der Waals surface area (Å²) in [7, 11) is 1.38. The van der Waals surface area contributed by atoms with Crippen molar-refractivity contribution < 1.29 is 9.53 Å². The molecule has 2 rings (SSSR count). The van der Waals surface area contributed by atoms with Crippen molar-refractivity contribution in [2.45, 2.75) is 45.2 Å². The Balaban J connectivity index is 2.46. The van der Waals surface area contributed by atoms with E-state index in [-0.39, 0.29) is 5.97 Å². The molecule has 1 aliphatic rings. The van der Waals surface area contributed by atoms with Gasteiger partial charge in [-0.25, -0.2) is 9.78 Å². The fraction of sp³-hybridized carbons (Fsp3) is 0.571. The van der Waals surface area contributed by atoms with Crippen LogP contribution in [0.2, 0.25) is 0 Å². The lowest BCUT2D eigenvalue weighted by Gasteiger charge is -2.31. The molecule has 5 nitrogen and oxygen atoms in total. The minimum atomic E-state index is -0.363. The lowest BCUT2D eigenvalue weighted by Crippen LogP contribution is -2.35. The number of carbonyl (C=O) groups is 1. The van der Waals surface area contributed by atoms with Gasteiger partial charge >= 0.3 is 5.97 Å². The minimum absolute atomic E-state index is 0.337. The molecule has 0 aliphatic carbocycles. The van der Waals surface area contributed by atoms with E-state index in [1.165, 1.54) is 7.11 Å². The number of pyridine rings is 1. The Labute approximate surface area is 113 Å². The molecule has 1 aromatic rings. The molecule has 1 aliphatic heterocycles. The molecule has 0 bridgehead atoms. The summed E-state index contributed by atoms with van der Waals surface area (Å²) in [5.41, 5.74) is 7.02. The number of rotatable bonds is 3. The van der Waals surface area contributed by atoms with E-state index in [1.54, 1.807) is 12.3 Å². The number of anilines is 2. The fourth-order valence-corrected chi connectivity index (χ4v) is 2.85. The molecule has 2 heterocycles. The van der Waals surface area contributed by atoms with E-state index >= 15 is 0 Å². The van der Waals surface area contributed by atoms with Gasteiger partial charge in [-0.2, -0.15) is 0 Å². The van der Waals surface area contributed by atoms with Gasteiger partial charge in [0.15, 0.2) is 0 Å². The maximum absolute atomic E-state index is 11.9. The highest BCUT2D eigenvalue weighted by atomic mass is 16.5. The van der Waals surface area contributed by atoms with Gasteiger partial charge in [-0.15, -0.1) is 0 Å². The Morgan fingerprint density at radius 2 is 2.32 bits per heavy atom. The number of carbonyl (C=O) groups excluding carboxylic acids is 1. The SMILES string of the molecule is CCC1CCC(C)N1c1cnc(N)cc1C(=O)OC. The minimum Gasteiger partial charge on any atom is -0.465 e. The van der Waals surface area contributed by atoms with Crippen LogP contribution in [0.4, 0.5) is 11.5 Å². The average Bonchev–Trinajstić information content (AvgIpc) is 2.79. The monoisotopic (exact) mass is 263 g/mol. The summed E-state index contributed by atoms with van der Waals surface area (Å²) >= 11 is 0. The average molecular weight is 263 g/mol. The van der Waals surface area contributed by atoms with Gasteiger partial charge in [-0.1, -0.05) is 6.92 Å². The maximum atomic E-state index is 11.9. The lowest BCUT2D eigenvalue weighted by atomic mass is 10.1. The van der Waals surface area contributed by atoms with Crippen molar-refractivity contribution >= 4 is 17.5 Å². The second-order valence-corrected chi connectivity index (χ2v) is 5.01. The molecule has 0 aromatic carbocycles. The third-order valence-corrected chi connectivity index (χ3v) is 3.84. The Morgan fingerprint density at radius 1 is 1.58 bits per heavy atom. The number of methoxy groups -OCH3 is 1. The van der Waals surface area contributed by atoms with Crippen molar-refractivity contribution in [2.75, 3.05) is 17.7 Å². The van der Waals surface area contributed by atoms with Crippen LogP contribution in [0.3, 0.4) is 0 Å². The summed E-state index contributed by atoms with van der Waals surface area (Å²) in [5, 5.41) is 0. The number of hydrogen-bond donors (Lipinski definition) is 1. The number of nitrogens with two attached hydrogens (primary N) is 1. The van der Waals surface area contributed by atoms with E-state index < -0.39 is 0 Å². The van der Waals surface area contributed by atoms with Crippen LogP contribution in [0.25, 0.3) is 0 Å². The molecule has 1 aromatic heterocycles. The molecule has 0 spiro atoms. The third-order valence-electron chi connectivity index (χ3n) is 3.84. The molecular weight excluding hydrogens is 242 g/mol. The smallest absolute Gasteiger partial charge is 0.340 e. The summed E-state index contributed by atoms with van der Waals surface area (Å²) in [6.45, 7) is 4.34. The maximum Gasteiger partial charge on any atom is 0.340 e. The number of aromatic nitrogens is 1. The predicted molar refractivity (Wildman–Crippen MR) is 75.2 cm³/mol. The highest BCUT2D eigenvalue weighted by Gasteiger charge is 2.32. The largest absolute Gasteiger partial charge is 0.465 e. The van der Waals surface area contributed by atoms with Crippen molar-refractivity contribution in [3.05, 3.63) is 17.8 Å². The molecule has 0 radical (unpaired) electrons. The molecule has 104 valence electrons. The zero-order valence-electron chi connectivity index (χ0n) is 11.7. The van der Waals surface area contributed by atoms with E-state index in [9.17, 15) is 4.79 Å². The van der Waals surface area contributed by atoms with Gasteiger partial charge in [-0.05, 0) is 32.3 Å². The molecule has 1 fully saturated rings. The van der Waals surface area contributed by atoms with Crippen molar-refractivity contribution in [2.24, 2.45) is 0 Å². The Kier molecular flexibility index (Phi) is 3.93. The standard InChI is InChI=1S/C14H21N3O2/c1-4-10-6-5-9(2)17(10)12-8-16-13(15)7-11(12)14(18)19-3/h7-10H,4-6H2,1-3H3,(H2,15,16). The molecule has 5 heteroatoms. The van der Waals surface area contributed by atoms with Gasteiger partial charge < -0.3 is 15.4 Å². The summed E-state index contributed by atoms with van der Waals surface area (Å²) in [6.07, 6.45) is 5.01. The van der Waals surface area contributed by atoms with E-state index in [0.717, 1.165) is 24.9 Å². The van der Waals surface area contributed by atoms with Crippen molar-refractivity contribution in [1.29, 1.82) is 0 Å². The van der Waals surface area contributed by atoms with Crippen LogP contribution in [-0.4, -0.2) is 30.1 Å². The van der Waals surface area contributed by atoms with Crippen LogP contribution in [0.1, 0.15) is 43.5 Å². The Bertz CT molecular complexity index is 476. The molecule has 19 heavy (non-hydrogen) atoms. The Hall–Kier alpha value is -1.78. The van der Waals surface area contributed by atoms with Crippen molar-refractivity contribution in [1.82, 2.24) is 4.98 Å². The first-order valence-electron chi connectivity index (χ1n) is 6.70. The summed E-state index contributed by atoms with van der Waals surface area (Å²) in [4.78, 5) is 18.3. The molecule has 0 amide bonds. The fourth-order valence-electron chi connectivity index (χ4n) is 2.85. The van der Waals surface area contributed by atoms with Gasteiger partial charge in [-0.3, -0.25) is 0 Å². The van der Waals surface area contributed by atoms with Gasteiger partial charge in [0.25, 0.3) is 0 Å². The first-order valence-corrected chi connectivity index (χ1v) is 6.70. The Morgan fingerprint density at radius 3 is 2.95 bits per heavy atom. The van der Waals surface area contributed by atoms with Gasteiger partial charge in [0.2, 0.25) is 0 Å². The summed E-state index contributed by atoms with van der Waals surface area (Å²) in [6, 6.07) is 2.45. The third kappa shape index (κ3) is 2.50. The number of esters is 1. The highest BCUT2D eigenvalue weighted by Crippen LogP contribution is 2.34. The second kappa shape index (κ2) is 5.47. The quantitative estimate of drug-likeness (QED) is 0.847. The second-order valence-electron chi connectivity index (χ2n) is 5.01. The highest BCUT2D eigenvalue weighted by molar-refractivity contribution is 5.96. The van der Waals surface area contributed by atoms with Gasteiger partial charge in [0.1, 0.15) is 5.82 Å². The molecule has 0 saturated carbocycles. The van der Waals surface area contributed by atoms with Crippen LogP contribution in [0.5, 0.6) is 0 Å². The van der Waals surface area contributed by atoms with Crippen LogP contribution in [0.15, 0.2) is 12.3 Å². The normalized spacial score (nSPS) is 22.6. The number of nitrogens with zero attached hydrogens (tertiary/aromatic N) is 2. The van der Waals surface area contributed by atoms with Crippen LogP contribution in [0, 0.1) is 0 Å². The molecule has 2 atom stereocenters. The van der Waals surface area contributed by atoms with E-state index in [4.69, 9.17) is 10.5 Å². The molecular formula is C14H21N3O2. The van der Waals surface area contributed by atoms with Crippen molar-refractivity contribution in [3.63, 3.8) is 0 Å². The molecule has 2 N–H and O–H groups in total. The van der Waals surface area contributed by atoms with E-state index in [2.05, 4.69) is 23.7 Å². The van der Waals surface area contributed by atoms with Crippen LogP contribution in [-0.2, 0) is 4.74 Å². The number of nitrogen functional groups attached to an aromatic ring is 1. The van der Waals surface area contributed by atoms with Crippen LogP contribution < -0.4 is 10.6 Å². The van der Waals surface area contributed by atoms with E-state index in [1.807, 2.05) is 0 Å². The van der Waals surface area contributed by atoms with Gasteiger partial charge in [0, 0.05) is 12.1 Å². The first kappa shape index (κ1) is 13.6. The lowest BCUT2D eigenvalue weighted by molar-refractivity contribution is 0.0601. The zero-order chi connectivity index (χ0) is 14.0. The van der Waals surface area contributed by atoms with Crippen LogP contribution >= 0.6 is 0 Å². The van der Waals surface area contributed by atoms with Crippen molar-refractivity contribution in [3.8, 4) is 0 Å². The first-order chi connectivity index (χ1) is 9.08. The predicted octanol–water partition coefficient (Wildman–Crippen LogP) is 2.22. The molecule has 2 unspecified atom stereocenters.